The molecule has 1 aromatic carbocycles. The van der Waals surface area contributed by atoms with E-state index in [0.29, 0.717) is 21.6 Å². The third kappa shape index (κ3) is 3.91. The zero-order chi connectivity index (χ0) is 18.1. The van der Waals surface area contributed by atoms with Gasteiger partial charge in [-0.25, -0.2) is 9.97 Å². The van der Waals surface area contributed by atoms with Crippen molar-refractivity contribution in [3.63, 3.8) is 0 Å². The molecule has 3 aromatic heterocycles. The molecule has 0 aliphatic rings. The van der Waals surface area contributed by atoms with Crippen molar-refractivity contribution in [1.29, 1.82) is 0 Å². The Kier molecular flexibility index (Phi) is 4.95. The lowest BCUT2D eigenvalue weighted by molar-refractivity contribution is -0.115. The summed E-state index contributed by atoms with van der Waals surface area (Å²) in [5.41, 5.74) is 1.66. The summed E-state index contributed by atoms with van der Waals surface area (Å²) in [6, 6.07) is 5.37. The maximum atomic E-state index is 12.2. The van der Waals surface area contributed by atoms with E-state index >= 15 is 0 Å². The minimum absolute atomic E-state index is 0.141. The second-order valence-corrected chi connectivity index (χ2v) is 8.43. The van der Waals surface area contributed by atoms with E-state index in [9.17, 15) is 4.79 Å². The molecule has 0 bridgehead atoms. The lowest BCUT2D eigenvalue weighted by Gasteiger charge is -2.02. The molecule has 0 radical (unpaired) electrons. The van der Waals surface area contributed by atoms with Gasteiger partial charge in [0.2, 0.25) is 5.91 Å². The predicted molar refractivity (Wildman–Crippen MR) is 107 cm³/mol. The lowest BCUT2D eigenvalue weighted by atomic mass is 10.1. The van der Waals surface area contributed by atoms with E-state index in [2.05, 4.69) is 15.3 Å². The summed E-state index contributed by atoms with van der Waals surface area (Å²) in [4.78, 5) is 22.8. The topological polar surface area (TPSA) is 59.3 Å². The zero-order valence-electron chi connectivity index (χ0n) is 13.3. The minimum Gasteiger partial charge on any atom is -0.302 e. The highest BCUT2D eigenvalue weighted by Crippen LogP contribution is 2.27. The van der Waals surface area contributed by atoms with Gasteiger partial charge in [-0.05, 0) is 23.8 Å². The van der Waals surface area contributed by atoms with E-state index in [4.69, 9.17) is 23.2 Å². The number of nitrogens with zero attached hydrogens (tertiary/aromatic N) is 3. The molecule has 4 aromatic rings. The standard InChI is InChI=1S/C17H12Cl2N4OS2/c18-11-1-2-14(19)10(5-11)6-13-8-20-16(26-13)22-15(24)7-12-9-23-3-4-25-17(23)21-12/h1-5,8-9H,6-7H2,(H,20,22,24). The molecule has 9 heteroatoms. The number of hydrogen-bond acceptors (Lipinski definition) is 5. The Labute approximate surface area is 167 Å². The quantitative estimate of drug-likeness (QED) is 0.495. The van der Waals surface area contributed by atoms with Gasteiger partial charge in [-0.2, -0.15) is 0 Å². The highest BCUT2D eigenvalue weighted by Gasteiger charge is 2.12. The molecule has 0 spiro atoms. The first-order valence-corrected chi connectivity index (χ1v) is 10.1. The average Bonchev–Trinajstić information content (AvgIpc) is 3.27. The normalized spacial score (nSPS) is 11.2. The Morgan fingerprint density at radius 3 is 3.04 bits per heavy atom. The molecule has 0 aliphatic carbocycles. The van der Waals surface area contributed by atoms with Crippen LogP contribution in [0.15, 0.2) is 42.2 Å². The van der Waals surface area contributed by atoms with Gasteiger partial charge in [0.1, 0.15) is 0 Å². The number of thiazole rings is 2. The van der Waals surface area contributed by atoms with Crippen molar-refractivity contribution < 1.29 is 4.79 Å². The Balaban J connectivity index is 1.40. The van der Waals surface area contributed by atoms with Gasteiger partial charge >= 0.3 is 0 Å². The van der Waals surface area contributed by atoms with Gasteiger partial charge in [0, 0.05) is 45.3 Å². The number of carbonyl (C=O) groups is 1. The first-order chi connectivity index (χ1) is 12.6. The Morgan fingerprint density at radius 1 is 1.31 bits per heavy atom. The summed E-state index contributed by atoms with van der Waals surface area (Å²) in [7, 11) is 0. The van der Waals surface area contributed by atoms with Gasteiger partial charge in [-0.15, -0.1) is 22.7 Å². The second kappa shape index (κ2) is 7.36. The number of imidazole rings is 1. The molecule has 0 fully saturated rings. The summed E-state index contributed by atoms with van der Waals surface area (Å²) in [5, 5.41) is 6.64. The van der Waals surface area contributed by atoms with Crippen LogP contribution in [0.25, 0.3) is 4.96 Å². The number of fused-ring (bicyclic) bond motifs is 1. The van der Waals surface area contributed by atoms with Gasteiger partial charge in [-0.1, -0.05) is 23.2 Å². The number of rotatable bonds is 5. The van der Waals surface area contributed by atoms with E-state index in [-0.39, 0.29) is 12.3 Å². The third-order valence-corrected chi connectivity index (χ3v) is 5.94. The fourth-order valence-corrected chi connectivity index (χ4v) is 4.45. The summed E-state index contributed by atoms with van der Waals surface area (Å²) in [6.45, 7) is 0. The molecular formula is C17H12Cl2N4OS2. The number of carbonyl (C=O) groups excluding carboxylic acids is 1. The molecule has 3 heterocycles. The smallest absolute Gasteiger partial charge is 0.232 e. The molecule has 26 heavy (non-hydrogen) atoms. The van der Waals surface area contributed by atoms with E-state index in [1.165, 1.54) is 22.7 Å². The number of benzene rings is 1. The largest absolute Gasteiger partial charge is 0.302 e. The summed E-state index contributed by atoms with van der Waals surface area (Å²) in [6.07, 6.45) is 6.35. The first kappa shape index (κ1) is 17.5. The van der Waals surface area contributed by atoms with Crippen molar-refractivity contribution in [2.75, 3.05) is 5.32 Å². The second-order valence-electron chi connectivity index (χ2n) is 5.59. The maximum absolute atomic E-state index is 12.2. The van der Waals surface area contributed by atoms with Gasteiger partial charge in [0.25, 0.3) is 0 Å². The molecule has 1 N–H and O–H groups in total. The number of nitrogens with one attached hydrogen (secondary N) is 1. The SMILES string of the molecule is O=C(Cc1cn2ccsc2n1)Nc1ncc(Cc2cc(Cl)ccc2Cl)s1. The highest BCUT2D eigenvalue weighted by molar-refractivity contribution is 7.15. The molecule has 0 saturated heterocycles. The van der Waals surface area contributed by atoms with Crippen LogP contribution in [-0.2, 0) is 17.6 Å². The maximum Gasteiger partial charge on any atom is 0.232 e. The molecule has 0 saturated carbocycles. The van der Waals surface area contributed by atoms with Crippen LogP contribution in [0.5, 0.6) is 0 Å². The van der Waals surface area contributed by atoms with E-state index in [1.54, 1.807) is 18.3 Å². The summed E-state index contributed by atoms with van der Waals surface area (Å²) in [5.74, 6) is -0.141. The van der Waals surface area contributed by atoms with Gasteiger partial charge in [-0.3, -0.25) is 9.20 Å². The number of amides is 1. The fourth-order valence-electron chi connectivity index (χ4n) is 2.50. The fraction of sp³-hybridized carbons (Fsp3) is 0.118. The minimum atomic E-state index is -0.141. The molecule has 0 aliphatic heterocycles. The molecule has 132 valence electrons. The van der Waals surface area contributed by atoms with Crippen LogP contribution in [0.3, 0.4) is 0 Å². The first-order valence-electron chi connectivity index (χ1n) is 7.66. The number of halogens is 2. The van der Waals surface area contributed by atoms with Gasteiger partial charge in [0.05, 0.1) is 12.1 Å². The van der Waals surface area contributed by atoms with E-state index in [1.807, 2.05) is 28.2 Å². The van der Waals surface area contributed by atoms with Crippen molar-refractivity contribution in [2.45, 2.75) is 12.8 Å². The predicted octanol–water partition coefficient (Wildman–Crippen LogP) is 4.93. The van der Waals surface area contributed by atoms with Gasteiger partial charge in [0.15, 0.2) is 10.1 Å². The Hall–Kier alpha value is -1.93. The van der Waals surface area contributed by atoms with Crippen LogP contribution >= 0.6 is 45.9 Å². The Bertz CT molecular complexity index is 1060. The van der Waals surface area contributed by atoms with Crippen LogP contribution in [-0.4, -0.2) is 20.3 Å². The monoisotopic (exact) mass is 422 g/mol. The van der Waals surface area contributed by atoms with Crippen molar-refractivity contribution in [1.82, 2.24) is 14.4 Å². The average molecular weight is 423 g/mol. The third-order valence-electron chi connectivity index (χ3n) is 3.66. The van der Waals surface area contributed by atoms with Crippen molar-refractivity contribution in [3.8, 4) is 0 Å². The highest BCUT2D eigenvalue weighted by atomic mass is 35.5. The zero-order valence-corrected chi connectivity index (χ0v) is 16.4. The molecule has 0 unspecified atom stereocenters. The molecule has 1 amide bonds. The molecular weight excluding hydrogens is 411 g/mol. The number of aromatic nitrogens is 3. The van der Waals surface area contributed by atoms with Crippen LogP contribution in [0.4, 0.5) is 5.13 Å². The van der Waals surface area contributed by atoms with Gasteiger partial charge < -0.3 is 5.32 Å². The Morgan fingerprint density at radius 2 is 2.19 bits per heavy atom. The molecule has 4 rings (SSSR count). The van der Waals surface area contributed by atoms with Crippen molar-refractivity contribution in [3.05, 3.63) is 68.3 Å². The molecule has 0 atom stereocenters. The van der Waals surface area contributed by atoms with Crippen LogP contribution in [0.2, 0.25) is 10.0 Å². The van der Waals surface area contributed by atoms with E-state index in [0.717, 1.165) is 21.1 Å². The van der Waals surface area contributed by atoms with Crippen LogP contribution < -0.4 is 5.32 Å². The summed E-state index contributed by atoms with van der Waals surface area (Å²) >= 11 is 15.2. The number of anilines is 1. The van der Waals surface area contributed by atoms with E-state index < -0.39 is 0 Å². The van der Waals surface area contributed by atoms with Crippen LogP contribution in [0, 0.1) is 0 Å². The molecule has 5 nitrogen and oxygen atoms in total. The number of hydrogen-bond donors (Lipinski definition) is 1. The van der Waals surface area contributed by atoms with Crippen molar-refractivity contribution >= 4 is 61.9 Å². The lowest BCUT2D eigenvalue weighted by Crippen LogP contribution is -2.14. The van der Waals surface area contributed by atoms with Crippen molar-refractivity contribution in [2.24, 2.45) is 0 Å². The summed E-state index contributed by atoms with van der Waals surface area (Å²) < 4.78 is 1.91. The van der Waals surface area contributed by atoms with Crippen LogP contribution in [0.1, 0.15) is 16.1 Å².